The molecule has 0 radical (unpaired) electrons. The van der Waals surface area contributed by atoms with E-state index >= 15 is 0 Å². The zero-order valence-corrected chi connectivity index (χ0v) is 16.0. The molecule has 0 unspecified atom stereocenters. The highest BCUT2D eigenvalue weighted by molar-refractivity contribution is 9.10. The van der Waals surface area contributed by atoms with Gasteiger partial charge in [-0.1, -0.05) is 27.2 Å². The van der Waals surface area contributed by atoms with Gasteiger partial charge >= 0.3 is 0 Å². The van der Waals surface area contributed by atoms with Crippen molar-refractivity contribution in [2.75, 3.05) is 0 Å². The minimum absolute atomic E-state index is 0.0613. The first-order valence-corrected chi connectivity index (χ1v) is 9.05. The van der Waals surface area contributed by atoms with Crippen LogP contribution in [0.4, 0.5) is 0 Å². The van der Waals surface area contributed by atoms with Gasteiger partial charge in [0.05, 0.1) is 10.2 Å². The predicted molar refractivity (Wildman–Crippen MR) is 92.9 cm³/mol. The molecule has 0 aromatic carbocycles. The molecule has 1 aromatic heterocycles. The van der Waals surface area contributed by atoms with Crippen molar-refractivity contribution >= 4 is 21.8 Å². The van der Waals surface area contributed by atoms with Gasteiger partial charge in [-0.05, 0) is 59.9 Å². The number of nitrogens with one attached hydrogen (secondary N) is 1. The summed E-state index contributed by atoms with van der Waals surface area (Å²) in [6, 6.07) is 0.283. The molecule has 5 heteroatoms. The molecule has 0 aliphatic heterocycles. The normalized spacial score (nSPS) is 22.6. The number of carbonyl (C=O) groups excluding carboxylic acids is 1. The summed E-state index contributed by atoms with van der Waals surface area (Å²) in [5, 5.41) is 7.46. The van der Waals surface area contributed by atoms with Gasteiger partial charge in [-0.2, -0.15) is 5.10 Å². The van der Waals surface area contributed by atoms with Gasteiger partial charge in [0.25, 0.3) is 5.91 Å². The van der Waals surface area contributed by atoms with E-state index in [0.29, 0.717) is 11.1 Å². The van der Waals surface area contributed by atoms with Crippen LogP contribution >= 0.6 is 15.9 Å². The lowest BCUT2D eigenvalue weighted by molar-refractivity contribution is 0.0887. The lowest BCUT2D eigenvalue weighted by atomic mass is 9.69. The van der Waals surface area contributed by atoms with E-state index in [1.54, 1.807) is 4.68 Å². The van der Waals surface area contributed by atoms with E-state index in [-0.39, 0.29) is 11.9 Å². The standard InChI is InChI=1S/C17H28BrN3O/c1-6-17(3,4)12-7-9-13(10-8-12)19-16(22)15-14(18)11(2)21(5)20-15/h12-13H,6-10H2,1-5H3,(H,19,22). The van der Waals surface area contributed by atoms with Crippen LogP contribution in [0, 0.1) is 18.3 Å². The zero-order chi connectivity index (χ0) is 16.5. The van der Waals surface area contributed by atoms with E-state index in [1.807, 2.05) is 14.0 Å². The van der Waals surface area contributed by atoms with Crippen molar-refractivity contribution in [1.29, 1.82) is 0 Å². The smallest absolute Gasteiger partial charge is 0.273 e. The number of aryl methyl sites for hydroxylation is 1. The van der Waals surface area contributed by atoms with E-state index in [2.05, 4.69) is 47.1 Å². The van der Waals surface area contributed by atoms with Crippen molar-refractivity contribution in [3.05, 3.63) is 15.9 Å². The molecule has 1 amide bonds. The number of aromatic nitrogens is 2. The quantitative estimate of drug-likeness (QED) is 0.863. The lowest BCUT2D eigenvalue weighted by Crippen LogP contribution is -2.40. The Kier molecular flexibility index (Phi) is 5.36. The summed E-state index contributed by atoms with van der Waals surface area (Å²) < 4.78 is 2.54. The Morgan fingerprint density at radius 3 is 2.41 bits per heavy atom. The number of hydrogen-bond donors (Lipinski definition) is 1. The molecule has 124 valence electrons. The first kappa shape index (κ1) is 17.5. The second-order valence-corrected chi connectivity index (χ2v) is 8.03. The third-order valence-corrected chi connectivity index (χ3v) is 6.50. The van der Waals surface area contributed by atoms with Gasteiger partial charge in [-0.15, -0.1) is 0 Å². The highest BCUT2D eigenvalue weighted by Crippen LogP contribution is 2.40. The first-order chi connectivity index (χ1) is 10.3. The van der Waals surface area contributed by atoms with Crippen molar-refractivity contribution in [1.82, 2.24) is 15.1 Å². The Bertz CT molecular complexity index is 542. The highest BCUT2D eigenvalue weighted by Gasteiger charge is 2.32. The summed E-state index contributed by atoms with van der Waals surface area (Å²) >= 11 is 3.47. The van der Waals surface area contributed by atoms with Gasteiger partial charge in [0, 0.05) is 13.1 Å². The predicted octanol–water partition coefficient (Wildman–Crippen LogP) is 4.22. The van der Waals surface area contributed by atoms with Crippen LogP contribution in [0.3, 0.4) is 0 Å². The maximum Gasteiger partial charge on any atom is 0.273 e. The van der Waals surface area contributed by atoms with Crippen LogP contribution in [0.15, 0.2) is 4.47 Å². The third-order valence-electron chi connectivity index (χ3n) is 5.55. The van der Waals surface area contributed by atoms with Gasteiger partial charge in [0.1, 0.15) is 0 Å². The molecule has 0 bridgehead atoms. The average molecular weight is 370 g/mol. The summed E-state index contributed by atoms with van der Waals surface area (Å²) in [6.45, 7) is 8.95. The molecule has 1 heterocycles. The van der Waals surface area contributed by atoms with E-state index in [0.717, 1.165) is 28.9 Å². The fourth-order valence-corrected chi connectivity index (χ4v) is 3.81. The molecule has 0 atom stereocenters. The number of amides is 1. The number of nitrogens with zero attached hydrogens (tertiary/aromatic N) is 2. The molecular weight excluding hydrogens is 342 g/mol. The number of halogens is 1. The first-order valence-electron chi connectivity index (χ1n) is 8.26. The fraction of sp³-hybridized carbons (Fsp3) is 0.765. The number of hydrogen-bond acceptors (Lipinski definition) is 2. The molecule has 0 spiro atoms. The average Bonchev–Trinajstić information content (AvgIpc) is 2.75. The molecule has 1 aliphatic rings. The maximum absolute atomic E-state index is 12.4. The van der Waals surface area contributed by atoms with Crippen molar-refractivity contribution in [3.63, 3.8) is 0 Å². The van der Waals surface area contributed by atoms with Crippen molar-refractivity contribution in [3.8, 4) is 0 Å². The molecule has 1 fully saturated rings. The van der Waals surface area contributed by atoms with E-state index in [9.17, 15) is 4.79 Å². The SMILES string of the molecule is CCC(C)(C)C1CCC(NC(=O)c2nn(C)c(C)c2Br)CC1. The van der Waals surface area contributed by atoms with Crippen molar-refractivity contribution < 1.29 is 4.79 Å². The third kappa shape index (κ3) is 3.55. The molecule has 1 saturated carbocycles. The van der Waals surface area contributed by atoms with Crippen molar-refractivity contribution in [2.45, 2.75) is 65.8 Å². The largest absolute Gasteiger partial charge is 0.348 e. The van der Waals surface area contributed by atoms with Crippen LogP contribution in [0.2, 0.25) is 0 Å². The Morgan fingerprint density at radius 1 is 1.36 bits per heavy atom. The number of rotatable bonds is 4. The molecule has 0 saturated heterocycles. The van der Waals surface area contributed by atoms with E-state index in [1.165, 1.54) is 19.3 Å². The van der Waals surface area contributed by atoms with E-state index < -0.39 is 0 Å². The molecule has 22 heavy (non-hydrogen) atoms. The van der Waals surface area contributed by atoms with Gasteiger partial charge in [-0.25, -0.2) is 0 Å². The van der Waals surface area contributed by atoms with Crippen LogP contribution in [0.5, 0.6) is 0 Å². The summed E-state index contributed by atoms with van der Waals surface area (Å²) in [5.74, 6) is 0.711. The minimum atomic E-state index is -0.0613. The van der Waals surface area contributed by atoms with Crippen LogP contribution in [-0.2, 0) is 7.05 Å². The molecular formula is C17H28BrN3O. The Labute approximate surface area is 142 Å². The summed E-state index contributed by atoms with van der Waals surface area (Å²) in [7, 11) is 1.86. The minimum Gasteiger partial charge on any atom is -0.348 e. The van der Waals surface area contributed by atoms with E-state index in [4.69, 9.17) is 0 Å². The Hall–Kier alpha value is -0.840. The van der Waals surface area contributed by atoms with Crippen LogP contribution in [-0.4, -0.2) is 21.7 Å². The lowest BCUT2D eigenvalue weighted by Gasteiger charge is -2.39. The summed E-state index contributed by atoms with van der Waals surface area (Å²) in [6.07, 6.45) is 5.77. The fourth-order valence-electron chi connectivity index (χ4n) is 3.29. The van der Waals surface area contributed by atoms with Gasteiger partial charge in [0.2, 0.25) is 0 Å². The molecule has 1 N–H and O–H groups in total. The molecule has 1 aliphatic carbocycles. The Morgan fingerprint density at radius 2 is 1.95 bits per heavy atom. The van der Waals surface area contributed by atoms with Crippen molar-refractivity contribution in [2.24, 2.45) is 18.4 Å². The van der Waals surface area contributed by atoms with Crippen LogP contribution in [0.1, 0.15) is 69.1 Å². The molecule has 1 aromatic rings. The summed E-state index contributed by atoms with van der Waals surface area (Å²) in [4.78, 5) is 12.4. The maximum atomic E-state index is 12.4. The molecule has 4 nitrogen and oxygen atoms in total. The monoisotopic (exact) mass is 369 g/mol. The second kappa shape index (κ2) is 6.73. The van der Waals surface area contributed by atoms with Gasteiger partial charge in [0.15, 0.2) is 5.69 Å². The van der Waals surface area contributed by atoms with Gasteiger partial charge in [-0.3, -0.25) is 9.48 Å². The van der Waals surface area contributed by atoms with Gasteiger partial charge < -0.3 is 5.32 Å². The number of carbonyl (C=O) groups is 1. The Balaban J connectivity index is 1.93. The van der Waals surface area contributed by atoms with Crippen LogP contribution in [0.25, 0.3) is 0 Å². The topological polar surface area (TPSA) is 46.9 Å². The van der Waals surface area contributed by atoms with Crippen LogP contribution < -0.4 is 5.32 Å². The molecule has 2 rings (SSSR count). The highest BCUT2D eigenvalue weighted by atomic mass is 79.9. The zero-order valence-electron chi connectivity index (χ0n) is 14.4. The summed E-state index contributed by atoms with van der Waals surface area (Å²) in [5.41, 5.74) is 1.88. The second-order valence-electron chi connectivity index (χ2n) is 7.24.